The summed E-state index contributed by atoms with van der Waals surface area (Å²) in [5.74, 6) is 0.918. The lowest BCUT2D eigenvalue weighted by Crippen LogP contribution is -2.03. The quantitative estimate of drug-likeness (QED) is 0.857. The zero-order valence-corrected chi connectivity index (χ0v) is 12.6. The van der Waals surface area contributed by atoms with Gasteiger partial charge in [0, 0.05) is 15.8 Å². The van der Waals surface area contributed by atoms with E-state index in [0.717, 1.165) is 16.5 Å². The molecule has 2 rings (SSSR count). The number of aromatic nitrogens is 1. The standard InChI is InChI=1S/C14H18N2S2/c1-9-5-4-6-12(7-9)17-8-13-16-11(3)14(18-13)10(2)15/h4-7,10H,8,15H2,1-3H3. The van der Waals surface area contributed by atoms with Gasteiger partial charge in [0.05, 0.1) is 11.4 Å². The Balaban J connectivity index is 2.04. The molecule has 0 aliphatic rings. The molecule has 1 heterocycles. The van der Waals surface area contributed by atoms with Gasteiger partial charge in [-0.25, -0.2) is 4.98 Å². The zero-order valence-electron chi connectivity index (χ0n) is 10.9. The van der Waals surface area contributed by atoms with E-state index in [1.165, 1.54) is 15.3 Å². The number of nitrogens with two attached hydrogens (primary N) is 1. The van der Waals surface area contributed by atoms with Crippen molar-refractivity contribution in [3.05, 3.63) is 45.4 Å². The fraction of sp³-hybridized carbons (Fsp3) is 0.357. The van der Waals surface area contributed by atoms with Crippen molar-refractivity contribution >= 4 is 23.1 Å². The van der Waals surface area contributed by atoms with Gasteiger partial charge in [-0.05, 0) is 32.9 Å². The first-order chi connectivity index (χ1) is 8.56. The summed E-state index contributed by atoms with van der Waals surface area (Å²) >= 11 is 3.56. The molecule has 2 N–H and O–H groups in total. The molecule has 2 nitrogen and oxygen atoms in total. The van der Waals surface area contributed by atoms with Crippen molar-refractivity contribution < 1.29 is 0 Å². The molecule has 0 fully saturated rings. The lowest BCUT2D eigenvalue weighted by Gasteiger charge is -2.01. The number of benzene rings is 1. The highest BCUT2D eigenvalue weighted by Crippen LogP contribution is 2.29. The van der Waals surface area contributed by atoms with Gasteiger partial charge in [-0.2, -0.15) is 0 Å². The number of thiazole rings is 1. The van der Waals surface area contributed by atoms with Gasteiger partial charge in [-0.1, -0.05) is 17.7 Å². The van der Waals surface area contributed by atoms with E-state index in [4.69, 9.17) is 5.73 Å². The highest BCUT2D eigenvalue weighted by atomic mass is 32.2. The number of rotatable bonds is 4. The molecule has 0 aliphatic carbocycles. The normalized spacial score (nSPS) is 12.7. The van der Waals surface area contributed by atoms with Gasteiger partial charge < -0.3 is 5.73 Å². The van der Waals surface area contributed by atoms with Gasteiger partial charge in [-0.15, -0.1) is 23.1 Å². The molecule has 1 unspecified atom stereocenters. The fourth-order valence-corrected chi connectivity index (χ4v) is 3.83. The molecule has 0 aliphatic heterocycles. The van der Waals surface area contributed by atoms with Crippen molar-refractivity contribution in [1.29, 1.82) is 0 Å². The maximum absolute atomic E-state index is 5.92. The van der Waals surface area contributed by atoms with Gasteiger partial charge in [0.1, 0.15) is 5.01 Å². The van der Waals surface area contributed by atoms with Gasteiger partial charge in [-0.3, -0.25) is 0 Å². The van der Waals surface area contributed by atoms with Gasteiger partial charge >= 0.3 is 0 Å². The van der Waals surface area contributed by atoms with Crippen LogP contribution in [0.3, 0.4) is 0 Å². The third-order valence-electron chi connectivity index (χ3n) is 2.64. The Labute approximate surface area is 117 Å². The molecule has 0 amide bonds. The predicted molar refractivity (Wildman–Crippen MR) is 80.2 cm³/mol. The number of thioether (sulfide) groups is 1. The minimum atomic E-state index is 0.0835. The lowest BCUT2D eigenvalue weighted by molar-refractivity contribution is 0.825. The van der Waals surface area contributed by atoms with Crippen molar-refractivity contribution in [1.82, 2.24) is 4.98 Å². The molecule has 1 aromatic heterocycles. The maximum atomic E-state index is 5.92. The van der Waals surface area contributed by atoms with E-state index < -0.39 is 0 Å². The van der Waals surface area contributed by atoms with Crippen LogP contribution in [0.5, 0.6) is 0 Å². The predicted octanol–water partition coefficient (Wildman–Crippen LogP) is 4.07. The first-order valence-corrected chi connectivity index (χ1v) is 7.77. The molecule has 2 aromatic rings. The minimum Gasteiger partial charge on any atom is -0.323 e. The van der Waals surface area contributed by atoms with Crippen LogP contribution in [0.2, 0.25) is 0 Å². The third-order valence-corrected chi connectivity index (χ3v) is 5.19. The van der Waals surface area contributed by atoms with Crippen molar-refractivity contribution in [3.63, 3.8) is 0 Å². The summed E-state index contributed by atoms with van der Waals surface area (Å²) in [6.07, 6.45) is 0. The Morgan fingerprint density at radius 1 is 1.39 bits per heavy atom. The smallest absolute Gasteiger partial charge is 0.103 e. The summed E-state index contributed by atoms with van der Waals surface area (Å²) in [6.45, 7) is 6.17. The summed E-state index contributed by atoms with van der Waals surface area (Å²) in [6, 6.07) is 8.65. The van der Waals surface area contributed by atoms with E-state index in [1.807, 2.05) is 25.6 Å². The van der Waals surface area contributed by atoms with Crippen LogP contribution in [0.1, 0.15) is 34.1 Å². The van der Waals surface area contributed by atoms with Crippen molar-refractivity contribution in [2.75, 3.05) is 0 Å². The Hall–Kier alpha value is -0.840. The average molecular weight is 278 g/mol. The summed E-state index contributed by atoms with van der Waals surface area (Å²) in [4.78, 5) is 7.09. The van der Waals surface area contributed by atoms with Crippen LogP contribution < -0.4 is 5.73 Å². The summed E-state index contributed by atoms with van der Waals surface area (Å²) in [7, 11) is 0. The van der Waals surface area contributed by atoms with Crippen molar-refractivity contribution in [2.24, 2.45) is 5.73 Å². The molecule has 0 saturated heterocycles. The van der Waals surface area contributed by atoms with Gasteiger partial charge in [0.25, 0.3) is 0 Å². The molecule has 96 valence electrons. The molecule has 1 atom stereocenters. The molecule has 1 aromatic carbocycles. The third kappa shape index (κ3) is 3.34. The van der Waals surface area contributed by atoms with E-state index in [0.29, 0.717) is 0 Å². The van der Waals surface area contributed by atoms with Crippen molar-refractivity contribution in [3.8, 4) is 0 Å². The first kappa shape index (κ1) is 13.6. The van der Waals surface area contributed by atoms with Crippen LogP contribution in [0.4, 0.5) is 0 Å². The number of aryl methyl sites for hydroxylation is 2. The molecule has 0 radical (unpaired) electrons. The number of hydrogen-bond donors (Lipinski definition) is 1. The summed E-state index contributed by atoms with van der Waals surface area (Å²) < 4.78 is 0. The topological polar surface area (TPSA) is 38.9 Å². The van der Waals surface area contributed by atoms with E-state index in [1.54, 1.807) is 11.3 Å². The average Bonchev–Trinajstić information content (AvgIpc) is 2.68. The highest BCUT2D eigenvalue weighted by molar-refractivity contribution is 7.98. The molecular weight excluding hydrogens is 260 g/mol. The Kier molecular flexibility index (Phi) is 4.43. The SMILES string of the molecule is Cc1cccc(SCc2nc(C)c(C(C)N)s2)c1. The second-order valence-corrected chi connectivity index (χ2v) is 6.62. The van der Waals surface area contributed by atoms with E-state index >= 15 is 0 Å². The Morgan fingerprint density at radius 2 is 2.17 bits per heavy atom. The summed E-state index contributed by atoms with van der Waals surface area (Å²) in [5.41, 5.74) is 8.29. The van der Waals surface area contributed by atoms with Crippen molar-refractivity contribution in [2.45, 2.75) is 37.5 Å². The Bertz CT molecular complexity index is 532. The largest absolute Gasteiger partial charge is 0.323 e. The molecule has 18 heavy (non-hydrogen) atoms. The lowest BCUT2D eigenvalue weighted by atomic mass is 10.2. The van der Waals surface area contributed by atoms with E-state index in [9.17, 15) is 0 Å². The maximum Gasteiger partial charge on any atom is 0.103 e. The van der Waals surface area contributed by atoms with Crippen LogP contribution in [0, 0.1) is 13.8 Å². The Morgan fingerprint density at radius 3 is 2.78 bits per heavy atom. The number of hydrogen-bond acceptors (Lipinski definition) is 4. The molecular formula is C14H18N2S2. The highest BCUT2D eigenvalue weighted by Gasteiger charge is 2.11. The zero-order chi connectivity index (χ0) is 13.1. The van der Waals surface area contributed by atoms with Crippen LogP contribution >= 0.6 is 23.1 Å². The molecule has 4 heteroatoms. The van der Waals surface area contributed by atoms with E-state index in [-0.39, 0.29) is 6.04 Å². The van der Waals surface area contributed by atoms with Crippen LogP contribution in [0.25, 0.3) is 0 Å². The number of nitrogens with zero attached hydrogens (tertiary/aromatic N) is 1. The summed E-state index contributed by atoms with van der Waals surface area (Å²) in [5, 5.41) is 1.16. The second-order valence-electron chi connectivity index (χ2n) is 4.45. The molecule has 0 bridgehead atoms. The minimum absolute atomic E-state index is 0.0835. The van der Waals surface area contributed by atoms with Crippen LogP contribution in [-0.4, -0.2) is 4.98 Å². The van der Waals surface area contributed by atoms with E-state index in [2.05, 4.69) is 36.2 Å². The monoisotopic (exact) mass is 278 g/mol. The first-order valence-electron chi connectivity index (χ1n) is 5.97. The van der Waals surface area contributed by atoms with Gasteiger partial charge in [0.15, 0.2) is 0 Å². The van der Waals surface area contributed by atoms with Gasteiger partial charge in [0.2, 0.25) is 0 Å². The second kappa shape index (κ2) is 5.87. The fourth-order valence-electron chi connectivity index (χ4n) is 1.80. The van der Waals surface area contributed by atoms with Crippen LogP contribution in [-0.2, 0) is 5.75 Å². The van der Waals surface area contributed by atoms with Crippen LogP contribution in [0.15, 0.2) is 29.2 Å². The molecule has 0 saturated carbocycles. The molecule has 0 spiro atoms.